The molecular formula is C9H15N3. The number of nitrogens with zero attached hydrogens (tertiary/aromatic N) is 3. The molecule has 0 amide bonds. The van der Waals surface area contributed by atoms with Crippen LogP contribution < -0.4 is 0 Å². The molecule has 1 aromatic rings. The van der Waals surface area contributed by atoms with Gasteiger partial charge in [0.25, 0.3) is 0 Å². The Morgan fingerprint density at radius 2 is 2.33 bits per heavy atom. The summed E-state index contributed by atoms with van der Waals surface area (Å²) in [5, 5.41) is 0. The summed E-state index contributed by atoms with van der Waals surface area (Å²) in [6, 6.07) is 0. The van der Waals surface area contributed by atoms with E-state index in [2.05, 4.69) is 28.4 Å². The van der Waals surface area contributed by atoms with E-state index in [1.54, 1.807) is 7.05 Å². The molecule has 12 heavy (non-hydrogen) atoms. The van der Waals surface area contributed by atoms with Crippen LogP contribution in [-0.4, -0.2) is 22.8 Å². The molecule has 0 bridgehead atoms. The highest BCUT2D eigenvalue weighted by molar-refractivity contribution is 5.78. The van der Waals surface area contributed by atoms with Crippen molar-refractivity contribution in [2.75, 3.05) is 7.05 Å². The van der Waals surface area contributed by atoms with Crippen molar-refractivity contribution < 1.29 is 0 Å². The lowest BCUT2D eigenvalue weighted by atomic mass is 10.3. The van der Waals surface area contributed by atoms with E-state index in [0.717, 1.165) is 24.4 Å². The van der Waals surface area contributed by atoms with Gasteiger partial charge in [0.05, 0.1) is 17.7 Å². The summed E-state index contributed by atoms with van der Waals surface area (Å²) in [7, 11) is 1.78. The highest BCUT2D eigenvalue weighted by Crippen LogP contribution is 2.05. The fourth-order valence-corrected chi connectivity index (χ4v) is 1.23. The average molecular weight is 165 g/mol. The number of rotatable bonds is 3. The first kappa shape index (κ1) is 8.97. The van der Waals surface area contributed by atoms with Crippen LogP contribution in [0.1, 0.15) is 25.2 Å². The molecule has 0 aromatic carbocycles. The summed E-state index contributed by atoms with van der Waals surface area (Å²) in [6.07, 6.45) is 4.71. The first-order chi connectivity index (χ1) is 5.83. The molecule has 0 aliphatic heterocycles. The highest BCUT2D eigenvalue weighted by Gasteiger charge is 2.04. The molecule has 0 spiro atoms. The number of hydrogen-bond acceptors (Lipinski definition) is 2. The van der Waals surface area contributed by atoms with E-state index in [0.29, 0.717) is 0 Å². The summed E-state index contributed by atoms with van der Waals surface area (Å²) >= 11 is 0. The van der Waals surface area contributed by atoms with Crippen molar-refractivity contribution in [3.63, 3.8) is 0 Å². The van der Waals surface area contributed by atoms with Gasteiger partial charge in [-0.05, 0) is 13.3 Å². The van der Waals surface area contributed by atoms with Crippen molar-refractivity contribution >= 4 is 6.21 Å². The second-order valence-electron chi connectivity index (χ2n) is 2.60. The maximum Gasteiger partial charge on any atom is 0.0954 e. The molecular weight excluding hydrogens is 150 g/mol. The smallest absolute Gasteiger partial charge is 0.0954 e. The Morgan fingerprint density at radius 1 is 1.58 bits per heavy atom. The van der Waals surface area contributed by atoms with Crippen LogP contribution >= 0.6 is 0 Å². The molecule has 0 radical (unpaired) electrons. The normalized spacial score (nSPS) is 11.2. The molecule has 3 nitrogen and oxygen atoms in total. The number of aliphatic imine (C=N–C) groups is 1. The molecule has 0 unspecified atom stereocenters. The molecule has 0 saturated carbocycles. The van der Waals surface area contributed by atoms with Crippen molar-refractivity contribution in [3.05, 3.63) is 17.7 Å². The number of aryl methyl sites for hydroxylation is 2. The Balaban J connectivity index is 3.07. The van der Waals surface area contributed by atoms with E-state index in [1.807, 2.05) is 12.5 Å². The van der Waals surface area contributed by atoms with Gasteiger partial charge in [-0.3, -0.25) is 4.99 Å². The Morgan fingerprint density at radius 3 is 2.83 bits per heavy atom. The Kier molecular flexibility index (Phi) is 3.02. The van der Waals surface area contributed by atoms with E-state index in [4.69, 9.17) is 0 Å². The van der Waals surface area contributed by atoms with Gasteiger partial charge in [0.1, 0.15) is 0 Å². The van der Waals surface area contributed by atoms with Gasteiger partial charge in [0, 0.05) is 19.8 Å². The van der Waals surface area contributed by atoms with Crippen LogP contribution in [-0.2, 0) is 13.0 Å². The summed E-state index contributed by atoms with van der Waals surface area (Å²) in [6.45, 7) is 5.16. The third-order valence-corrected chi connectivity index (χ3v) is 1.89. The second kappa shape index (κ2) is 4.04. The minimum atomic E-state index is 0.953. The quantitative estimate of drug-likeness (QED) is 0.624. The first-order valence-electron chi connectivity index (χ1n) is 4.29. The molecule has 3 heteroatoms. The van der Waals surface area contributed by atoms with E-state index < -0.39 is 0 Å². The van der Waals surface area contributed by atoms with Crippen molar-refractivity contribution in [3.8, 4) is 0 Å². The Bertz CT molecular complexity index is 252. The van der Waals surface area contributed by atoms with Gasteiger partial charge < -0.3 is 4.57 Å². The van der Waals surface area contributed by atoms with E-state index in [1.165, 1.54) is 0 Å². The van der Waals surface area contributed by atoms with E-state index in [9.17, 15) is 0 Å². The second-order valence-corrected chi connectivity index (χ2v) is 2.60. The zero-order valence-electron chi connectivity index (χ0n) is 7.91. The van der Waals surface area contributed by atoms with E-state index in [-0.39, 0.29) is 0 Å². The minimum Gasteiger partial charge on any atom is -0.330 e. The molecule has 0 N–H and O–H groups in total. The lowest BCUT2D eigenvalue weighted by Gasteiger charge is -2.00. The first-order valence-corrected chi connectivity index (χ1v) is 4.29. The lowest BCUT2D eigenvalue weighted by Crippen LogP contribution is -2.00. The van der Waals surface area contributed by atoms with Crippen LogP contribution in [0, 0.1) is 0 Å². The molecule has 1 rings (SSSR count). The molecule has 1 aromatic heterocycles. The third-order valence-electron chi connectivity index (χ3n) is 1.89. The van der Waals surface area contributed by atoms with Crippen molar-refractivity contribution in [1.29, 1.82) is 0 Å². The fourth-order valence-electron chi connectivity index (χ4n) is 1.23. The summed E-state index contributed by atoms with van der Waals surface area (Å²) in [5.41, 5.74) is 2.27. The van der Waals surface area contributed by atoms with Gasteiger partial charge in [-0.15, -0.1) is 0 Å². The number of hydrogen-bond donors (Lipinski definition) is 0. The number of imidazole rings is 1. The molecule has 66 valence electrons. The van der Waals surface area contributed by atoms with Crippen molar-refractivity contribution in [2.24, 2.45) is 4.99 Å². The Labute approximate surface area is 73.2 Å². The van der Waals surface area contributed by atoms with Gasteiger partial charge in [0.15, 0.2) is 0 Å². The highest BCUT2D eigenvalue weighted by atomic mass is 15.1. The fraction of sp³-hybridized carbons (Fsp3) is 0.556. The Hall–Kier alpha value is -1.12. The van der Waals surface area contributed by atoms with Gasteiger partial charge in [-0.2, -0.15) is 0 Å². The zero-order valence-corrected chi connectivity index (χ0v) is 7.91. The van der Waals surface area contributed by atoms with Gasteiger partial charge in [0.2, 0.25) is 0 Å². The molecule has 0 aliphatic rings. The topological polar surface area (TPSA) is 30.2 Å². The SMILES string of the molecule is CCc1ncn(CC)c1C=NC. The van der Waals surface area contributed by atoms with Crippen molar-refractivity contribution in [2.45, 2.75) is 26.8 Å². The maximum absolute atomic E-state index is 4.30. The maximum atomic E-state index is 4.30. The monoisotopic (exact) mass is 165 g/mol. The van der Waals surface area contributed by atoms with Gasteiger partial charge in [-0.25, -0.2) is 4.98 Å². The largest absolute Gasteiger partial charge is 0.330 e. The summed E-state index contributed by atoms with van der Waals surface area (Å²) < 4.78 is 2.10. The van der Waals surface area contributed by atoms with Gasteiger partial charge >= 0.3 is 0 Å². The standard InChI is InChI=1S/C9H15N3/c1-4-8-9(6-10-3)12(5-2)7-11-8/h6-7H,4-5H2,1-3H3. The average Bonchev–Trinajstić information content (AvgIpc) is 2.48. The molecule has 0 atom stereocenters. The third kappa shape index (κ3) is 1.55. The zero-order chi connectivity index (χ0) is 8.97. The van der Waals surface area contributed by atoms with Crippen LogP contribution in [0.2, 0.25) is 0 Å². The summed E-state index contributed by atoms with van der Waals surface area (Å²) in [5.74, 6) is 0. The molecule has 0 saturated heterocycles. The number of aromatic nitrogens is 2. The molecule has 0 aliphatic carbocycles. The van der Waals surface area contributed by atoms with Crippen LogP contribution in [0.3, 0.4) is 0 Å². The molecule has 0 fully saturated rings. The van der Waals surface area contributed by atoms with Crippen LogP contribution in [0.5, 0.6) is 0 Å². The van der Waals surface area contributed by atoms with E-state index >= 15 is 0 Å². The van der Waals surface area contributed by atoms with Gasteiger partial charge in [-0.1, -0.05) is 6.92 Å². The predicted molar refractivity (Wildman–Crippen MR) is 50.8 cm³/mol. The summed E-state index contributed by atoms with van der Waals surface area (Å²) in [4.78, 5) is 8.31. The lowest BCUT2D eigenvalue weighted by molar-refractivity contribution is 0.755. The molecule has 1 heterocycles. The van der Waals surface area contributed by atoms with Crippen LogP contribution in [0.25, 0.3) is 0 Å². The van der Waals surface area contributed by atoms with Crippen molar-refractivity contribution in [1.82, 2.24) is 9.55 Å². The van der Waals surface area contributed by atoms with Crippen LogP contribution in [0.4, 0.5) is 0 Å². The predicted octanol–water partition coefficient (Wildman–Crippen LogP) is 1.51. The van der Waals surface area contributed by atoms with Crippen LogP contribution in [0.15, 0.2) is 11.3 Å². The minimum absolute atomic E-state index is 0.953.